The molecule has 0 spiro atoms. The topological polar surface area (TPSA) is 64.6 Å². The zero-order chi connectivity index (χ0) is 16.1. The van der Waals surface area contributed by atoms with Crippen molar-refractivity contribution in [3.05, 3.63) is 24.3 Å². The van der Waals surface area contributed by atoms with E-state index in [-0.39, 0.29) is 46.5 Å². The second-order valence-electron chi connectivity index (χ2n) is 6.38. The summed E-state index contributed by atoms with van der Waals surface area (Å²) in [5.74, 6) is 0.0201. The Morgan fingerprint density at radius 3 is 2.96 bits per heavy atom. The van der Waals surface area contributed by atoms with Gasteiger partial charge in [-0.3, -0.25) is 9.59 Å². The fraction of sp³-hybridized carbons (Fsp3) is 0.529. The molecule has 4 rings (SSSR count). The quantitative estimate of drug-likeness (QED) is 0.644. The lowest BCUT2D eigenvalue weighted by atomic mass is 9.79. The van der Waals surface area contributed by atoms with E-state index >= 15 is 0 Å². The van der Waals surface area contributed by atoms with Gasteiger partial charge in [-0.25, -0.2) is 0 Å². The molecule has 6 heteroatoms. The van der Waals surface area contributed by atoms with Gasteiger partial charge in [0.05, 0.1) is 29.0 Å². The fourth-order valence-electron chi connectivity index (χ4n) is 4.40. The van der Waals surface area contributed by atoms with Crippen LogP contribution < -0.4 is 10.1 Å². The Balaban J connectivity index is 1.58. The van der Waals surface area contributed by atoms with Gasteiger partial charge >= 0.3 is 5.97 Å². The molecule has 1 aliphatic heterocycles. The van der Waals surface area contributed by atoms with Crippen LogP contribution in [-0.4, -0.2) is 29.4 Å². The first-order valence-corrected chi connectivity index (χ1v) is 8.90. The fourth-order valence-corrected chi connectivity index (χ4v) is 5.44. The lowest BCUT2D eigenvalue weighted by Gasteiger charge is -2.27. The van der Waals surface area contributed by atoms with E-state index in [9.17, 15) is 9.59 Å². The van der Waals surface area contributed by atoms with Crippen molar-refractivity contribution in [1.82, 2.24) is 0 Å². The molecule has 2 saturated carbocycles. The minimum atomic E-state index is -0.328. The molecule has 0 aromatic heterocycles. The maximum absolute atomic E-state index is 12.8. The number of anilines is 1. The highest BCUT2D eigenvalue weighted by molar-refractivity contribution is 9.09. The Bertz CT molecular complexity index is 664. The van der Waals surface area contributed by atoms with Crippen molar-refractivity contribution in [3.63, 3.8) is 0 Å². The number of fused-ring (bicyclic) bond motifs is 1. The molecule has 1 heterocycles. The first-order valence-electron chi connectivity index (χ1n) is 7.99. The number of amides is 1. The molecular weight excluding hydrogens is 362 g/mol. The third-order valence-electron chi connectivity index (χ3n) is 5.27. The summed E-state index contributed by atoms with van der Waals surface area (Å²) in [6.45, 7) is 2.43. The highest BCUT2D eigenvalue weighted by atomic mass is 79.9. The van der Waals surface area contributed by atoms with Crippen molar-refractivity contribution < 1.29 is 19.1 Å². The molecule has 0 unspecified atom stereocenters. The summed E-state index contributed by atoms with van der Waals surface area (Å²) in [4.78, 5) is 25.0. The molecule has 1 N–H and O–H groups in total. The van der Waals surface area contributed by atoms with E-state index in [0.29, 0.717) is 18.0 Å². The van der Waals surface area contributed by atoms with Crippen LogP contribution in [0.1, 0.15) is 13.3 Å². The molecule has 3 fully saturated rings. The summed E-state index contributed by atoms with van der Waals surface area (Å²) in [6, 6.07) is 7.36. The smallest absolute Gasteiger partial charge is 0.310 e. The molecule has 0 radical (unpaired) electrons. The van der Waals surface area contributed by atoms with Crippen LogP contribution in [0.2, 0.25) is 0 Å². The number of ether oxygens (including phenoxy) is 2. The van der Waals surface area contributed by atoms with Crippen LogP contribution in [0.3, 0.4) is 0 Å². The SMILES string of the molecule is CCOc1ccccc1NC(=O)[C@@H]1[C@H]2C[C@H]3[C@H](OC(=O)[C@@H]31)[C@@H]2Br. The van der Waals surface area contributed by atoms with Crippen molar-refractivity contribution in [3.8, 4) is 5.75 Å². The van der Waals surface area contributed by atoms with E-state index in [4.69, 9.17) is 9.47 Å². The van der Waals surface area contributed by atoms with Crippen molar-refractivity contribution in [2.45, 2.75) is 24.3 Å². The molecule has 1 saturated heterocycles. The second kappa shape index (κ2) is 5.51. The van der Waals surface area contributed by atoms with Gasteiger partial charge in [0.25, 0.3) is 0 Å². The first kappa shape index (κ1) is 15.0. The zero-order valence-corrected chi connectivity index (χ0v) is 14.3. The number of hydrogen-bond donors (Lipinski definition) is 1. The lowest BCUT2D eigenvalue weighted by Crippen LogP contribution is -2.40. The van der Waals surface area contributed by atoms with Gasteiger partial charge in [0.1, 0.15) is 11.9 Å². The van der Waals surface area contributed by atoms with Crippen LogP contribution in [-0.2, 0) is 14.3 Å². The van der Waals surface area contributed by atoms with Crippen molar-refractivity contribution in [1.29, 1.82) is 0 Å². The van der Waals surface area contributed by atoms with Gasteiger partial charge in [0.2, 0.25) is 5.91 Å². The van der Waals surface area contributed by atoms with Crippen LogP contribution in [0.25, 0.3) is 0 Å². The molecule has 122 valence electrons. The van der Waals surface area contributed by atoms with Crippen molar-refractivity contribution >= 4 is 33.5 Å². The van der Waals surface area contributed by atoms with E-state index in [1.54, 1.807) is 0 Å². The van der Waals surface area contributed by atoms with Crippen molar-refractivity contribution in [2.75, 3.05) is 11.9 Å². The normalized spacial score (nSPS) is 36.9. The molecule has 3 aliphatic rings. The molecule has 5 nitrogen and oxygen atoms in total. The van der Waals surface area contributed by atoms with Crippen LogP contribution in [0.5, 0.6) is 5.75 Å². The van der Waals surface area contributed by atoms with Gasteiger partial charge in [-0.05, 0) is 31.4 Å². The molecule has 1 aromatic rings. The van der Waals surface area contributed by atoms with Crippen LogP contribution in [0.4, 0.5) is 5.69 Å². The maximum atomic E-state index is 12.8. The van der Waals surface area contributed by atoms with E-state index in [0.717, 1.165) is 6.42 Å². The number of nitrogens with one attached hydrogen (secondary N) is 1. The largest absolute Gasteiger partial charge is 0.492 e. The third-order valence-corrected chi connectivity index (χ3v) is 6.47. The molecule has 23 heavy (non-hydrogen) atoms. The van der Waals surface area contributed by atoms with E-state index in [2.05, 4.69) is 21.2 Å². The highest BCUT2D eigenvalue weighted by Gasteiger charge is 2.67. The molecule has 1 amide bonds. The molecule has 2 bridgehead atoms. The Morgan fingerprint density at radius 1 is 1.39 bits per heavy atom. The standard InChI is InChI=1S/C17H18BrNO4/c1-2-22-11-6-4-3-5-10(11)19-16(20)12-8-7-9-13(12)17(21)23-15(9)14(8)18/h3-6,8-9,12-15H,2,7H2,1H3,(H,19,20)/t8-,9-,12-,13+,14-,15+/m1/s1. The van der Waals surface area contributed by atoms with Crippen LogP contribution in [0, 0.1) is 23.7 Å². The number of alkyl halides is 1. The summed E-state index contributed by atoms with van der Waals surface area (Å²) in [5.41, 5.74) is 0.649. The Labute approximate surface area is 142 Å². The zero-order valence-electron chi connectivity index (χ0n) is 12.7. The molecule has 2 aliphatic carbocycles. The monoisotopic (exact) mass is 379 g/mol. The van der Waals surface area contributed by atoms with Gasteiger partial charge in [0.15, 0.2) is 0 Å². The van der Waals surface area contributed by atoms with E-state index in [1.807, 2.05) is 31.2 Å². The minimum absolute atomic E-state index is 0.0581. The number of para-hydroxylation sites is 2. The van der Waals surface area contributed by atoms with Crippen LogP contribution >= 0.6 is 15.9 Å². The Kier molecular flexibility index (Phi) is 3.59. The highest BCUT2D eigenvalue weighted by Crippen LogP contribution is 2.60. The molecule has 1 aromatic carbocycles. The second-order valence-corrected chi connectivity index (χ2v) is 7.44. The number of rotatable bonds is 4. The van der Waals surface area contributed by atoms with Crippen molar-refractivity contribution in [2.24, 2.45) is 23.7 Å². The predicted molar refractivity (Wildman–Crippen MR) is 87.4 cm³/mol. The average molecular weight is 380 g/mol. The van der Waals surface area contributed by atoms with Gasteiger partial charge in [0, 0.05) is 5.92 Å². The lowest BCUT2D eigenvalue weighted by molar-refractivity contribution is -0.145. The number of halogens is 1. The van der Waals surface area contributed by atoms with Crippen LogP contribution in [0.15, 0.2) is 24.3 Å². The minimum Gasteiger partial charge on any atom is -0.492 e. The van der Waals surface area contributed by atoms with Gasteiger partial charge in [-0.2, -0.15) is 0 Å². The van der Waals surface area contributed by atoms with Gasteiger partial charge in [-0.15, -0.1) is 0 Å². The predicted octanol–water partition coefficient (Wildman–Crippen LogP) is 2.59. The number of hydrogen-bond acceptors (Lipinski definition) is 4. The number of esters is 1. The Morgan fingerprint density at radius 2 is 2.17 bits per heavy atom. The average Bonchev–Trinajstić information content (AvgIpc) is 3.13. The number of carbonyl (C=O) groups is 2. The van der Waals surface area contributed by atoms with Gasteiger partial charge in [-0.1, -0.05) is 28.1 Å². The molecule has 6 atom stereocenters. The summed E-state index contributed by atoms with van der Waals surface area (Å²) in [7, 11) is 0. The summed E-state index contributed by atoms with van der Waals surface area (Å²) in [6.07, 6.45) is 0.819. The maximum Gasteiger partial charge on any atom is 0.310 e. The van der Waals surface area contributed by atoms with E-state index in [1.165, 1.54) is 0 Å². The first-order chi connectivity index (χ1) is 11.1. The summed E-state index contributed by atoms with van der Waals surface area (Å²) >= 11 is 3.63. The molecular formula is C17H18BrNO4. The number of benzene rings is 1. The summed E-state index contributed by atoms with van der Waals surface area (Å²) in [5, 5.41) is 2.95. The van der Waals surface area contributed by atoms with E-state index < -0.39 is 0 Å². The third kappa shape index (κ3) is 2.18. The Hall–Kier alpha value is -1.56. The number of carbonyl (C=O) groups excluding carboxylic acids is 2. The van der Waals surface area contributed by atoms with Gasteiger partial charge < -0.3 is 14.8 Å². The summed E-state index contributed by atoms with van der Waals surface area (Å²) < 4.78 is 11.0.